The Morgan fingerprint density at radius 2 is 1.88 bits per heavy atom. The van der Waals surface area contributed by atoms with Crippen molar-refractivity contribution in [2.75, 3.05) is 51.1 Å². The van der Waals surface area contributed by atoms with E-state index in [9.17, 15) is 9.36 Å². The maximum atomic E-state index is 12.5. The number of ether oxygens (including phenoxy) is 2. The number of hydrogen-bond donors (Lipinski definition) is 4. The fourth-order valence-electron chi connectivity index (χ4n) is 3.88. The van der Waals surface area contributed by atoms with Gasteiger partial charge in [-0.25, -0.2) is 19.5 Å². The molecule has 0 spiro atoms. The van der Waals surface area contributed by atoms with E-state index in [-0.39, 0.29) is 12.5 Å². The van der Waals surface area contributed by atoms with Crippen LogP contribution in [0.5, 0.6) is 11.5 Å². The van der Waals surface area contributed by atoms with Gasteiger partial charge >= 0.3 is 7.82 Å². The number of carbonyl (C=O) groups excluding carboxylic acids is 1. The number of anilines is 3. The number of likely N-dealkylation sites (N-methyl/N-ethyl adjacent to an activating group) is 1. The SMILES string of the molecule is COc1cc2c(Nc3ccc(NC(=O)c4cccc(Cl)c4)nc3)ncnc2cc1OCCCN(C)CCOP(=O)(O)O. The van der Waals surface area contributed by atoms with Crippen LogP contribution in [0, 0.1) is 0 Å². The molecule has 0 aliphatic rings. The van der Waals surface area contributed by atoms with Gasteiger partial charge in [0.1, 0.15) is 18.0 Å². The van der Waals surface area contributed by atoms with Crippen molar-refractivity contribution in [3.8, 4) is 11.5 Å². The van der Waals surface area contributed by atoms with Crippen molar-refractivity contribution in [2.24, 2.45) is 0 Å². The van der Waals surface area contributed by atoms with Crippen molar-refractivity contribution < 1.29 is 33.1 Å². The molecule has 222 valence electrons. The monoisotopic (exact) mass is 616 g/mol. The largest absolute Gasteiger partial charge is 0.493 e. The molecule has 0 saturated carbocycles. The van der Waals surface area contributed by atoms with E-state index < -0.39 is 7.82 Å². The van der Waals surface area contributed by atoms with E-state index in [0.717, 1.165) is 0 Å². The van der Waals surface area contributed by atoms with Gasteiger partial charge in [0, 0.05) is 35.1 Å². The van der Waals surface area contributed by atoms with Crippen LogP contribution >= 0.6 is 19.4 Å². The third-order valence-corrected chi connectivity index (χ3v) is 6.70. The maximum absolute atomic E-state index is 12.5. The number of nitrogens with one attached hydrogen (secondary N) is 2. The molecule has 0 aliphatic carbocycles. The highest BCUT2D eigenvalue weighted by Gasteiger charge is 2.15. The van der Waals surface area contributed by atoms with E-state index in [4.69, 9.17) is 30.9 Å². The average molecular weight is 617 g/mol. The summed E-state index contributed by atoms with van der Waals surface area (Å²) in [5.41, 5.74) is 1.70. The maximum Gasteiger partial charge on any atom is 0.469 e. The van der Waals surface area contributed by atoms with Crippen LogP contribution in [-0.2, 0) is 9.09 Å². The van der Waals surface area contributed by atoms with Crippen molar-refractivity contribution in [3.63, 3.8) is 0 Å². The van der Waals surface area contributed by atoms with Crippen molar-refractivity contribution >= 4 is 53.6 Å². The predicted octanol–water partition coefficient (Wildman–Crippen LogP) is 4.49. The zero-order chi connectivity index (χ0) is 30.1. The number of phosphoric acid groups is 1. The van der Waals surface area contributed by atoms with Gasteiger partial charge in [-0.3, -0.25) is 9.32 Å². The van der Waals surface area contributed by atoms with Gasteiger partial charge in [-0.15, -0.1) is 0 Å². The Hall–Kier alpha value is -3.84. The Labute approximate surface area is 247 Å². The number of halogens is 1. The Balaban J connectivity index is 1.36. The molecule has 0 unspecified atom stereocenters. The van der Waals surface area contributed by atoms with Gasteiger partial charge in [0.2, 0.25) is 0 Å². The normalized spacial score (nSPS) is 11.5. The zero-order valence-electron chi connectivity index (χ0n) is 22.9. The first-order chi connectivity index (χ1) is 20.1. The van der Waals surface area contributed by atoms with E-state index in [1.165, 1.54) is 6.33 Å². The van der Waals surface area contributed by atoms with Gasteiger partial charge in [-0.05, 0) is 49.9 Å². The van der Waals surface area contributed by atoms with Crippen LogP contribution in [0.3, 0.4) is 0 Å². The molecule has 15 heteroatoms. The molecule has 1 amide bonds. The minimum absolute atomic E-state index is 0.0725. The second-order valence-electron chi connectivity index (χ2n) is 9.09. The van der Waals surface area contributed by atoms with E-state index in [1.54, 1.807) is 61.8 Å². The van der Waals surface area contributed by atoms with E-state index in [0.29, 0.717) is 76.4 Å². The summed E-state index contributed by atoms with van der Waals surface area (Å²) in [6, 6.07) is 13.6. The van der Waals surface area contributed by atoms with Crippen LogP contribution in [0.1, 0.15) is 16.8 Å². The molecule has 4 aromatic rings. The number of phosphoric ester groups is 1. The molecule has 4 N–H and O–H groups in total. The van der Waals surface area contributed by atoms with Crippen LogP contribution in [0.15, 0.2) is 61.1 Å². The summed E-state index contributed by atoms with van der Waals surface area (Å²) in [6.45, 7) is 1.31. The van der Waals surface area contributed by atoms with Crippen LogP contribution in [-0.4, -0.2) is 76.0 Å². The van der Waals surface area contributed by atoms with Crippen LogP contribution in [0.2, 0.25) is 5.02 Å². The van der Waals surface area contributed by atoms with Crippen molar-refractivity contribution in [3.05, 3.63) is 71.6 Å². The molecule has 0 radical (unpaired) electrons. The molecule has 13 nitrogen and oxygen atoms in total. The highest BCUT2D eigenvalue weighted by molar-refractivity contribution is 7.46. The lowest BCUT2D eigenvalue weighted by Gasteiger charge is -2.17. The molecule has 0 aliphatic heterocycles. The van der Waals surface area contributed by atoms with Gasteiger partial charge in [-0.2, -0.15) is 0 Å². The second-order valence-corrected chi connectivity index (χ2v) is 10.8. The Kier molecular flexibility index (Phi) is 10.6. The summed E-state index contributed by atoms with van der Waals surface area (Å²) >= 11 is 5.97. The number of benzene rings is 2. The number of carbonyl (C=O) groups is 1. The number of amides is 1. The molecule has 0 fully saturated rings. The molecule has 2 heterocycles. The summed E-state index contributed by atoms with van der Waals surface area (Å²) in [6.07, 6.45) is 3.67. The summed E-state index contributed by atoms with van der Waals surface area (Å²) in [5.74, 6) is 1.60. The van der Waals surface area contributed by atoms with Gasteiger partial charge in [0.25, 0.3) is 5.91 Å². The first kappa shape index (κ1) is 31.1. The van der Waals surface area contributed by atoms with Crippen LogP contribution < -0.4 is 20.1 Å². The Morgan fingerprint density at radius 1 is 1.05 bits per heavy atom. The Morgan fingerprint density at radius 3 is 2.60 bits per heavy atom. The third-order valence-electron chi connectivity index (χ3n) is 5.95. The average Bonchev–Trinajstić information content (AvgIpc) is 2.95. The molecule has 0 bridgehead atoms. The van der Waals surface area contributed by atoms with Crippen LogP contribution in [0.25, 0.3) is 10.9 Å². The van der Waals surface area contributed by atoms with Gasteiger partial charge < -0.3 is 34.8 Å². The number of fused-ring (bicyclic) bond motifs is 1. The number of methoxy groups -OCH3 is 1. The standard InChI is InChI=1S/C27H30ClN6O7P/c1-34(10-12-41-42(36,37)38)9-4-11-40-24-15-22-21(14-23(24)39-2)26(31-17-30-22)32-20-7-8-25(29-16-20)33-27(35)18-5-3-6-19(28)13-18/h3,5-8,13-17H,4,9-12H2,1-2H3,(H,29,33,35)(H,30,31,32)(H2,36,37,38). The fraction of sp³-hybridized carbons (Fsp3) is 0.259. The molecule has 0 saturated heterocycles. The summed E-state index contributed by atoms with van der Waals surface area (Å²) in [4.78, 5) is 44.9. The lowest BCUT2D eigenvalue weighted by atomic mass is 10.2. The number of rotatable bonds is 14. The molecule has 0 atom stereocenters. The van der Waals surface area contributed by atoms with Crippen molar-refractivity contribution in [2.45, 2.75) is 6.42 Å². The number of aromatic nitrogens is 3. The first-order valence-electron chi connectivity index (χ1n) is 12.8. The zero-order valence-corrected chi connectivity index (χ0v) is 24.5. The van der Waals surface area contributed by atoms with E-state index in [2.05, 4.69) is 30.1 Å². The lowest BCUT2D eigenvalue weighted by Crippen LogP contribution is -2.25. The fourth-order valence-corrected chi connectivity index (χ4v) is 4.39. The lowest BCUT2D eigenvalue weighted by molar-refractivity contribution is 0.102. The topological polar surface area (TPSA) is 168 Å². The van der Waals surface area contributed by atoms with Crippen molar-refractivity contribution in [1.29, 1.82) is 0 Å². The van der Waals surface area contributed by atoms with Gasteiger partial charge in [-0.1, -0.05) is 17.7 Å². The highest BCUT2D eigenvalue weighted by atomic mass is 35.5. The second kappa shape index (κ2) is 14.4. The molecular formula is C27H30ClN6O7P. The minimum Gasteiger partial charge on any atom is -0.493 e. The predicted molar refractivity (Wildman–Crippen MR) is 159 cm³/mol. The third kappa shape index (κ3) is 9.08. The number of hydrogen-bond acceptors (Lipinski definition) is 10. The smallest absolute Gasteiger partial charge is 0.469 e. The number of nitrogens with zero attached hydrogens (tertiary/aromatic N) is 4. The molecule has 2 aromatic carbocycles. The van der Waals surface area contributed by atoms with Gasteiger partial charge in [0.15, 0.2) is 11.5 Å². The van der Waals surface area contributed by atoms with E-state index in [1.807, 2.05) is 11.9 Å². The highest BCUT2D eigenvalue weighted by Crippen LogP contribution is 2.36. The first-order valence-corrected chi connectivity index (χ1v) is 14.7. The van der Waals surface area contributed by atoms with Crippen molar-refractivity contribution in [1.82, 2.24) is 19.9 Å². The summed E-state index contributed by atoms with van der Waals surface area (Å²) in [7, 11) is -1.10. The Bertz CT molecular complexity index is 1570. The molecule has 2 aromatic heterocycles. The minimum atomic E-state index is -4.47. The van der Waals surface area contributed by atoms with Gasteiger partial charge in [0.05, 0.1) is 37.7 Å². The summed E-state index contributed by atoms with van der Waals surface area (Å²) in [5, 5.41) is 7.13. The molecular weight excluding hydrogens is 587 g/mol. The summed E-state index contributed by atoms with van der Waals surface area (Å²) < 4.78 is 26.7. The van der Waals surface area contributed by atoms with Crippen LogP contribution in [0.4, 0.5) is 17.3 Å². The van der Waals surface area contributed by atoms with E-state index >= 15 is 0 Å². The molecule has 42 heavy (non-hydrogen) atoms. The quantitative estimate of drug-likeness (QED) is 0.116. The number of pyridine rings is 1. The molecule has 4 rings (SSSR count).